The van der Waals surface area contributed by atoms with Gasteiger partial charge < -0.3 is 0 Å². The second-order valence-electron chi connectivity index (χ2n) is 3.97. The van der Waals surface area contributed by atoms with Crippen molar-refractivity contribution in [2.24, 2.45) is 11.8 Å². The summed E-state index contributed by atoms with van der Waals surface area (Å²) in [5.41, 5.74) is 1.55. The maximum atomic E-state index is 2.41. The summed E-state index contributed by atoms with van der Waals surface area (Å²) in [5.74, 6) is 1.52. The van der Waals surface area contributed by atoms with Crippen LogP contribution in [0.3, 0.4) is 0 Å². The number of rotatable bonds is 3. The van der Waals surface area contributed by atoms with E-state index in [4.69, 9.17) is 0 Å². The van der Waals surface area contributed by atoms with Crippen molar-refractivity contribution in [2.45, 2.75) is 40.0 Å². The quantitative estimate of drug-likeness (QED) is 0.592. The molecule has 0 N–H and O–H groups in total. The van der Waals surface area contributed by atoms with Crippen molar-refractivity contribution in [3.8, 4) is 0 Å². The van der Waals surface area contributed by atoms with Crippen LogP contribution in [0.1, 0.15) is 40.0 Å². The topological polar surface area (TPSA) is 0 Å². The Morgan fingerprint density at radius 1 is 1.58 bits per heavy atom. The van der Waals surface area contributed by atoms with Crippen molar-refractivity contribution < 1.29 is 0 Å². The van der Waals surface area contributed by atoms with Gasteiger partial charge in [-0.15, -0.1) is 0 Å². The fourth-order valence-electron chi connectivity index (χ4n) is 1.71. The van der Waals surface area contributed by atoms with E-state index >= 15 is 0 Å². The molecule has 0 radical (unpaired) electrons. The minimum Gasteiger partial charge on any atom is -0.0811 e. The molecule has 2 unspecified atom stereocenters. The molecule has 0 fully saturated rings. The van der Waals surface area contributed by atoms with Crippen LogP contribution < -0.4 is 0 Å². The zero-order chi connectivity index (χ0) is 8.97. The molecule has 0 amide bonds. The monoisotopic (exact) mass is 164 g/mol. The first kappa shape index (κ1) is 9.57. The summed E-state index contributed by atoms with van der Waals surface area (Å²) in [7, 11) is 0. The van der Waals surface area contributed by atoms with Crippen molar-refractivity contribution in [2.75, 3.05) is 0 Å². The Hall–Kier alpha value is -0.520. The zero-order valence-corrected chi connectivity index (χ0v) is 8.51. The van der Waals surface area contributed by atoms with Crippen LogP contribution in [0.2, 0.25) is 0 Å². The summed E-state index contributed by atoms with van der Waals surface area (Å²) in [6.45, 7) is 6.86. The Morgan fingerprint density at radius 3 is 2.83 bits per heavy atom. The molecule has 0 spiro atoms. The molecule has 2 atom stereocenters. The van der Waals surface area contributed by atoms with E-state index in [2.05, 4.69) is 39.0 Å². The molecule has 68 valence electrons. The van der Waals surface area contributed by atoms with E-state index in [0.717, 1.165) is 11.8 Å². The third-order valence-electron chi connectivity index (χ3n) is 2.63. The lowest BCUT2D eigenvalue weighted by Gasteiger charge is -2.17. The molecular formula is C12H20. The highest BCUT2D eigenvalue weighted by molar-refractivity contribution is 5.25. The first-order valence-electron chi connectivity index (χ1n) is 5.12. The summed E-state index contributed by atoms with van der Waals surface area (Å²) < 4.78 is 0. The third kappa shape index (κ3) is 2.51. The highest BCUT2D eigenvalue weighted by atomic mass is 14.1. The number of hydrogen-bond donors (Lipinski definition) is 0. The molecule has 0 aromatic carbocycles. The van der Waals surface area contributed by atoms with E-state index in [0.29, 0.717) is 0 Å². The molecule has 12 heavy (non-hydrogen) atoms. The van der Waals surface area contributed by atoms with Gasteiger partial charge in [0.2, 0.25) is 0 Å². The van der Waals surface area contributed by atoms with E-state index in [1.165, 1.54) is 19.3 Å². The van der Waals surface area contributed by atoms with Gasteiger partial charge in [-0.2, -0.15) is 0 Å². The van der Waals surface area contributed by atoms with Crippen LogP contribution in [0.25, 0.3) is 0 Å². The molecule has 0 aromatic rings. The van der Waals surface area contributed by atoms with Crippen molar-refractivity contribution in [1.29, 1.82) is 0 Å². The molecular weight excluding hydrogens is 144 g/mol. The maximum absolute atomic E-state index is 2.41. The molecule has 0 heteroatoms. The minimum absolute atomic E-state index is 0.752. The average Bonchev–Trinajstić information content (AvgIpc) is 2.06. The van der Waals surface area contributed by atoms with Crippen molar-refractivity contribution in [1.82, 2.24) is 0 Å². The van der Waals surface area contributed by atoms with E-state index in [-0.39, 0.29) is 0 Å². The van der Waals surface area contributed by atoms with E-state index in [9.17, 15) is 0 Å². The van der Waals surface area contributed by atoms with Gasteiger partial charge in [0.15, 0.2) is 0 Å². The van der Waals surface area contributed by atoms with Gasteiger partial charge >= 0.3 is 0 Å². The van der Waals surface area contributed by atoms with Crippen LogP contribution in [0.4, 0.5) is 0 Å². The molecule has 0 heterocycles. The van der Waals surface area contributed by atoms with Crippen molar-refractivity contribution in [3.05, 3.63) is 23.8 Å². The summed E-state index contributed by atoms with van der Waals surface area (Å²) in [5, 5.41) is 0. The second-order valence-corrected chi connectivity index (χ2v) is 3.97. The molecule has 1 aliphatic carbocycles. The Kier molecular flexibility index (Phi) is 3.58. The molecule has 0 aliphatic heterocycles. The summed E-state index contributed by atoms with van der Waals surface area (Å²) in [6, 6.07) is 0. The highest BCUT2D eigenvalue weighted by Crippen LogP contribution is 2.24. The SMILES string of the molecule is CCCC(C)C1=CCC(C)C=C1. The summed E-state index contributed by atoms with van der Waals surface area (Å²) >= 11 is 0. The Morgan fingerprint density at radius 2 is 2.33 bits per heavy atom. The van der Waals surface area contributed by atoms with E-state index in [1.54, 1.807) is 5.57 Å². The zero-order valence-electron chi connectivity index (χ0n) is 8.51. The van der Waals surface area contributed by atoms with Crippen molar-refractivity contribution in [3.63, 3.8) is 0 Å². The summed E-state index contributed by atoms with van der Waals surface area (Å²) in [4.78, 5) is 0. The number of allylic oxidation sites excluding steroid dienone is 4. The van der Waals surface area contributed by atoms with Crippen LogP contribution >= 0.6 is 0 Å². The molecule has 1 rings (SSSR count). The van der Waals surface area contributed by atoms with Gasteiger partial charge in [0.05, 0.1) is 0 Å². The van der Waals surface area contributed by atoms with Gasteiger partial charge in [-0.05, 0) is 30.3 Å². The van der Waals surface area contributed by atoms with Crippen LogP contribution in [0.5, 0.6) is 0 Å². The lowest BCUT2D eigenvalue weighted by molar-refractivity contribution is 0.598. The Balaban J connectivity index is 2.48. The standard InChI is InChI=1S/C12H20/c1-4-5-11(3)12-8-6-10(2)7-9-12/h6,8-11H,4-5,7H2,1-3H3. The fraction of sp³-hybridized carbons (Fsp3) is 0.667. The molecule has 0 saturated carbocycles. The predicted molar refractivity (Wildman–Crippen MR) is 55.1 cm³/mol. The minimum atomic E-state index is 0.752. The van der Waals surface area contributed by atoms with Gasteiger partial charge in [0.1, 0.15) is 0 Å². The average molecular weight is 164 g/mol. The Bertz CT molecular complexity index is 186. The molecule has 0 bridgehead atoms. The van der Waals surface area contributed by atoms with Gasteiger partial charge in [-0.3, -0.25) is 0 Å². The molecule has 0 aromatic heterocycles. The molecule has 1 aliphatic rings. The van der Waals surface area contributed by atoms with Crippen LogP contribution in [0.15, 0.2) is 23.8 Å². The maximum Gasteiger partial charge on any atom is -0.0194 e. The third-order valence-corrected chi connectivity index (χ3v) is 2.63. The lowest BCUT2D eigenvalue weighted by atomic mass is 9.89. The predicted octanol–water partition coefficient (Wildman–Crippen LogP) is 3.95. The number of hydrogen-bond acceptors (Lipinski definition) is 0. The van der Waals surface area contributed by atoms with E-state index < -0.39 is 0 Å². The van der Waals surface area contributed by atoms with Crippen LogP contribution in [0, 0.1) is 11.8 Å². The molecule has 0 saturated heterocycles. The lowest BCUT2D eigenvalue weighted by Crippen LogP contribution is -2.02. The smallest absolute Gasteiger partial charge is 0.0194 e. The normalized spacial score (nSPS) is 25.2. The first-order valence-corrected chi connectivity index (χ1v) is 5.12. The van der Waals surface area contributed by atoms with Crippen molar-refractivity contribution >= 4 is 0 Å². The molecule has 0 nitrogen and oxygen atoms in total. The van der Waals surface area contributed by atoms with Gasteiger partial charge in [-0.1, -0.05) is 45.4 Å². The Labute approximate surface area is 76.4 Å². The van der Waals surface area contributed by atoms with Crippen LogP contribution in [-0.4, -0.2) is 0 Å². The highest BCUT2D eigenvalue weighted by Gasteiger charge is 2.08. The van der Waals surface area contributed by atoms with Crippen LogP contribution in [-0.2, 0) is 0 Å². The fourth-order valence-corrected chi connectivity index (χ4v) is 1.71. The largest absolute Gasteiger partial charge is 0.0811 e. The van der Waals surface area contributed by atoms with Gasteiger partial charge in [-0.25, -0.2) is 0 Å². The van der Waals surface area contributed by atoms with Gasteiger partial charge in [0.25, 0.3) is 0 Å². The summed E-state index contributed by atoms with van der Waals surface area (Å²) in [6.07, 6.45) is 10.9. The van der Waals surface area contributed by atoms with Gasteiger partial charge in [0, 0.05) is 0 Å². The second kappa shape index (κ2) is 4.49. The van der Waals surface area contributed by atoms with E-state index in [1.807, 2.05) is 0 Å². The first-order chi connectivity index (χ1) is 5.74.